The summed E-state index contributed by atoms with van der Waals surface area (Å²) in [5.74, 6) is -1.81. The number of hydrogen-bond acceptors (Lipinski definition) is 7. The Morgan fingerprint density at radius 1 is 1.17 bits per heavy atom. The normalized spacial score (nSPS) is 18.5. The van der Waals surface area contributed by atoms with Gasteiger partial charge in [-0.25, -0.2) is 4.90 Å². The Morgan fingerprint density at radius 2 is 1.90 bits per heavy atom. The van der Waals surface area contributed by atoms with Gasteiger partial charge in [0.15, 0.2) is 0 Å². The third-order valence-corrected chi connectivity index (χ3v) is 5.97. The van der Waals surface area contributed by atoms with Crippen LogP contribution in [0.2, 0.25) is 0 Å². The maximum absolute atomic E-state index is 13.0. The summed E-state index contributed by atoms with van der Waals surface area (Å²) in [7, 11) is 0. The fourth-order valence-electron chi connectivity index (χ4n) is 3.10. The first kappa shape index (κ1) is 21.2. The molecule has 2 heterocycles. The van der Waals surface area contributed by atoms with E-state index < -0.39 is 23.7 Å². The van der Waals surface area contributed by atoms with Gasteiger partial charge in [0, 0.05) is 19.0 Å². The molecular formula is C20H20N2O5S2. The number of anilines is 1. The van der Waals surface area contributed by atoms with Crippen LogP contribution in [-0.2, 0) is 23.9 Å². The van der Waals surface area contributed by atoms with Crippen LogP contribution >= 0.6 is 24.0 Å². The van der Waals surface area contributed by atoms with Gasteiger partial charge in [0.25, 0.3) is 11.8 Å². The predicted octanol–water partition coefficient (Wildman–Crippen LogP) is 2.88. The standard InChI is InChI=1S/C20H20N2O5S2/c1-3-4-11-27-15(24)9-10-21-19(26)17(29-20(21)28)16-13-7-5-6-8-14(13)22(12(2)23)18(16)25/h5-8H,3-4,9-11H2,1-2H3/b17-16+. The fourth-order valence-corrected chi connectivity index (χ4v) is 4.48. The van der Waals surface area contributed by atoms with E-state index in [0.29, 0.717) is 17.9 Å². The van der Waals surface area contributed by atoms with E-state index >= 15 is 0 Å². The molecule has 1 fully saturated rings. The number of thioether (sulfide) groups is 1. The Morgan fingerprint density at radius 3 is 2.59 bits per heavy atom. The molecule has 0 radical (unpaired) electrons. The second-order valence-electron chi connectivity index (χ2n) is 6.53. The minimum absolute atomic E-state index is 0.0167. The largest absolute Gasteiger partial charge is 0.466 e. The van der Waals surface area contributed by atoms with Crippen LogP contribution in [0.15, 0.2) is 29.2 Å². The number of imide groups is 1. The summed E-state index contributed by atoms with van der Waals surface area (Å²) in [6.07, 6.45) is 1.72. The number of esters is 1. The Bertz CT molecular complexity index is 941. The van der Waals surface area contributed by atoms with Gasteiger partial charge in [-0.2, -0.15) is 0 Å². The molecule has 3 amide bonds. The minimum atomic E-state index is -0.543. The molecule has 1 aromatic carbocycles. The topological polar surface area (TPSA) is 84.0 Å². The molecule has 0 aromatic heterocycles. The van der Waals surface area contributed by atoms with Gasteiger partial charge in [-0.05, 0) is 12.5 Å². The number of hydrogen-bond donors (Lipinski definition) is 0. The molecule has 7 nitrogen and oxygen atoms in total. The third kappa shape index (κ3) is 4.11. The molecule has 0 spiro atoms. The van der Waals surface area contributed by atoms with Gasteiger partial charge in [-0.1, -0.05) is 55.5 Å². The number of benzene rings is 1. The van der Waals surface area contributed by atoms with E-state index in [2.05, 4.69) is 0 Å². The minimum Gasteiger partial charge on any atom is -0.466 e. The van der Waals surface area contributed by atoms with Crippen LogP contribution in [0.3, 0.4) is 0 Å². The lowest BCUT2D eigenvalue weighted by Gasteiger charge is -2.14. The number of ether oxygens (including phenoxy) is 1. The zero-order valence-electron chi connectivity index (χ0n) is 16.1. The second-order valence-corrected chi connectivity index (χ2v) is 8.17. The molecule has 0 bridgehead atoms. The van der Waals surface area contributed by atoms with Crippen molar-refractivity contribution in [2.75, 3.05) is 18.1 Å². The summed E-state index contributed by atoms with van der Waals surface area (Å²) in [4.78, 5) is 52.2. The van der Waals surface area contributed by atoms with Crippen molar-refractivity contribution < 1.29 is 23.9 Å². The first-order valence-electron chi connectivity index (χ1n) is 9.24. The molecule has 0 atom stereocenters. The van der Waals surface area contributed by atoms with E-state index in [1.54, 1.807) is 24.3 Å². The van der Waals surface area contributed by atoms with E-state index in [0.717, 1.165) is 29.5 Å². The molecule has 29 heavy (non-hydrogen) atoms. The Hall–Kier alpha value is -2.52. The second kappa shape index (κ2) is 8.87. The summed E-state index contributed by atoms with van der Waals surface area (Å²) < 4.78 is 5.37. The smallest absolute Gasteiger partial charge is 0.307 e. The van der Waals surface area contributed by atoms with Gasteiger partial charge in [0.1, 0.15) is 4.32 Å². The number of thiocarbonyl (C=S) groups is 1. The molecule has 0 unspecified atom stereocenters. The number of nitrogens with zero attached hydrogens (tertiary/aromatic N) is 2. The quantitative estimate of drug-likeness (QED) is 0.296. The first-order valence-corrected chi connectivity index (χ1v) is 10.5. The lowest BCUT2D eigenvalue weighted by molar-refractivity contribution is -0.144. The Kier molecular flexibility index (Phi) is 6.49. The molecule has 1 saturated heterocycles. The maximum Gasteiger partial charge on any atom is 0.307 e. The van der Waals surface area contributed by atoms with Gasteiger partial charge >= 0.3 is 5.97 Å². The zero-order chi connectivity index (χ0) is 21.1. The van der Waals surface area contributed by atoms with Crippen molar-refractivity contribution in [3.05, 3.63) is 34.7 Å². The average molecular weight is 433 g/mol. The van der Waals surface area contributed by atoms with Crippen molar-refractivity contribution in [3.8, 4) is 0 Å². The van der Waals surface area contributed by atoms with Crippen molar-refractivity contribution >= 4 is 63.3 Å². The molecule has 1 aromatic rings. The molecule has 152 valence electrons. The van der Waals surface area contributed by atoms with Gasteiger partial charge in [0.05, 0.1) is 29.2 Å². The predicted molar refractivity (Wildman–Crippen MR) is 114 cm³/mol. The Labute approximate surface area is 178 Å². The van der Waals surface area contributed by atoms with Crippen LogP contribution in [0, 0.1) is 0 Å². The first-order chi connectivity index (χ1) is 13.9. The Balaban J connectivity index is 1.83. The molecule has 9 heteroatoms. The molecule has 2 aliphatic rings. The number of fused-ring (bicyclic) bond motifs is 1. The van der Waals surface area contributed by atoms with Gasteiger partial charge in [-0.3, -0.25) is 24.1 Å². The van der Waals surface area contributed by atoms with Gasteiger partial charge < -0.3 is 4.74 Å². The highest BCUT2D eigenvalue weighted by atomic mass is 32.2. The highest BCUT2D eigenvalue weighted by Crippen LogP contribution is 2.44. The van der Waals surface area contributed by atoms with Crippen LogP contribution in [0.25, 0.3) is 5.57 Å². The molecular weight excluding hydrogens is 412 g/mol. The highest BCUT2D eigenvalue weighted by molar-refractivity contribution is 8.26. The van der Waals surface area contributed by atoms with E-state index in [1.807, 2.05) is 6.92 Å². The van der Waals surface area contributed by atoms with Gasteiger partial charge in [-0.15, -0.1) is 0 Å². The summed E-state index contributed by atoms with van der Waals surface area (Å²) in [6, 6.07) is 6.82. The van der Waals surface area contributed by atoms with Crippen molar-refractivity contribution in [1.29, 1.82) is 0 Å². The van der Waals surface area contributed by atoms with E-state index in [4.69, 9.17) is 17.0 Å². The van der Waals surface area contributed by atoms with Crippen LogP contribution < -0.4 is 4.90 Å². The van der Waals surface area contributed by atoms with Crippen LogP contribution in [0.5, 0.6) is 0 Å². The number of para-hydroxylation sites is 1. The van der Waals surface area contributed by atoms with Crippen molar-refractivity contribution in [3.63, 3.8) is 0 Å². The van der Waals surface area contributed by atoms with E-state index in [9.17, 15) is 19.2 Å². The SMILES string of the molecule is CCCCOC(=O)CCN1C(=O)/C(=C2\C(=O)N(C(C)=O)c3ccccc32)SC1=S. The zero-order valence-corrected chi connectivity index (χ0v) is 17.7. The summed E-state index contributed by atoms with van der Waals surface area (Å²) in [5, 5.41) is 0. The van der Waals surface area contributed by atoms with Gasteiger partial charge in [0.2, 0.25) is 5.91 Å². The number of unbranched alkanes of at least 4 members (excludes halogenated alkanes) is 1. The number of carbonyl (C=O) groups is 4. The monoisotopic (exact) mass is 432 g/mol. The average Bonchev–Trinajstić information content (AvgIpc) is 3.12. The lowest BCUT2D eigenvalue weighted by atomic mass is 10.1. The van der Waals surface area contributed by atoms with Crippen LogP contribution in [0.4, 0.5) is 5.69 Å². The highest BCUT2D eigenvalue weighted by Gasteiger charge is 2.43. The summed E-state index contributed by atoms with van der Waals surface area (Å²) in [5.41, 5.74) is 1.14. The van der Waals surface area contributed by atoms with E-state index in [1.165, 1.54) is 11.8 Å². The number of rotatable bonds is 6. The third-order valence-electron chi connectivity index (χ3n) is 4.52. The van der Waals surface area contributed by atoms with Crippen LogP contribution in [0.1, 0.15) is 38.7 Å². The van der Waals surface area contributed by atoms with E-state index in [-0.39, 0.29) is 27.8 Å². The van der Waals surface area contributed by atoms with Crippen LogP contribution in [-0.4, -0.2) is 46.1 Å². The summed E-state index contributed by atoms with van der Waals surface area (Å²) in [6.45, 7) is 3.73. The number of amides is 3. The van der Waals surface area contributed by atoms with Crippen molar-refractivity contribution in [2.45, 2.75) is 33.1 Å². The lowest BCUT2D eigenvalue weighted by Crippen LogP contribution is -2.32. The number of carbonyl (C=O) groups excluding carboxylic acids is 4. The molecule has 0 aliphatic carbocycles. The molecule has 0 N–H and O–H groups in total. The molecule has 2 aliphatic heterocycles. The maximum atomic E-state index is 13.0. The molecule has 0 saturated carbocycles. The van der Waals surface area contributed by atoms with Crippen molar-refractivity contribution in [1.82, 2.24) is 4.90 Å². The molecule has 3 rings (SSSR count). The van der Waals surface area contributed by atoms with Crippen molar-refractivity contribution in [2.24, 2.45) is 0 Å². The fraction of sp³-hybridized carbons (Fsp3) is 0.350. The summed E-state index contributed by atoms with van der Waals surface area (Å²) >= 11 is 6.31.